The summed E-state index contributed by atoms with van der Waals surface area (Å²) in [7, 11) is 1.28. The third kappa shape index (κ3) is 5.99. The second kappa shape index (κ2) is 9.85. The van der Waals surface area contributed by atoms with Crippen LogP contribution in [0.4, 0.5) is 13.2 Å². The molecule has 0 bridgehead atoms. The first-order valence-electron chi connectivity index (χ1n) is 8.49. The smallest absolute Gasteiger partial charge is 0.417 e. The summed E-state index contributed by atoms with van der Waals surface area (Å²) in [5, 5.41) is 11.0. The van der Waals surface area contributed by atoms with Gasteiger partial charge in [0.15, 0.2) is 17.8 Å². The van der Waals surface area contributed by atoms with E-state index in [9.17, 15) is 22.8 Å². The first-order valence-corrected chi connectivity index (χ1v) is 9.25. The van der Waals surface area contributed by atoms with Crippen LogP contribution in [0, 0.1) is 17.2 Å². The number of nitriles is 1. The molecule has 1 amide bonds. The molecule has 1 aromatic carbocycles. The second-order valence-electron chi connectivity index (χ2n) is 6.04. The highest BCUT2D eigenvalue weighted by atomic mass is 35.5. The molecule has 1 aromatic heterocycles. The van der Waals surface area contributed by atoms with Crippen LogP contribution in [0.5, 0.6) is 17.4 Å². The highest BCUT2D eigenvalue weighted by Crippen LogP contribution is 2.36. The standard InChI is InChI=1S/C19H14Cl2F3N3O4/c1-9(16(28)12(7-25)17(29)26-2)30-15-6-11(3-4-13(15)20)31-18-14(21)5-10(8-27-18)19(22,23)24/h3-6,8-9,12H,1-2H3,(H,26,29). The van der Waals surface area contributed by atoms with Gasteiger partial charge in [0.2, 0.25) is 11.8 Å². The highest BCUT2D eigenvalue weighted by Gasteiger charge is 2.32. The number of hydrogen-bond donors (Lipinski definition) is 1. The molecule has 0 aliphatic rings. The van der Waals surface area contributed by atoms with E-state index in [2.05, 4.69) is 10.3 Å². The summed E-state index contributed by atoms with van der Waals surface area (Å²) in [4.78, 5) is 27.5. The predicted octanol–water partition coefficient (Wildman–Crippen LogP) is 4.42. The van der Waals surface area contributed by atoms with Gasteiger partial charge in [-0.15, -0.1) is 0 Å². The Hall–Kier alpha value is -3.03. The first kappa shape index (κ1) is 24.2. The fraction of sp³-hybridized carbons (Fsp3) is 0.263. The fourth-order valence-corrected chi connectivity index (χ4v) is 2.65. The van der Waals surface area contributed by atoms with Crippen LogP contribution >= 0.6 is 23.2 Å². The largest absolute Gasteiger partial charge is 0.481 e. The van der Waals surface area contributed by atoms with Crippen molar-refractivity contribution in [2.24, 2.45) is 5.92 Å². The molecule has 0 radical (unpaired) electrons. The number of halogens is 5. The molecule has 2 rings (SSSR count). The second-order valence-corrected chi connectivity index (χ2v) is 6.86. The molecule has 7 nitrogen and oxygen atoms in total. The fourth-order valence-electron chi connectivity index (χ4n) is 2.28. The highest BCUT2D eigenvalue weighted by molar-refractivity contribution is 6.32. The molecule has 12 heteroatoms. The number of nitrogens with one attached hydrogen (secondary N) is 1. The molecule has 1 N–H and O–H groups in total. The molecule has 0 saturated carbocycles. The average Bonchev–Trinajstić information content (AvgIpc) is 2.71. The Bertz CT molecular complexity index is 1040. The van der Waals surface area contributed by atoms with Gasteiger partial charge in [-0.25, -0.2) is 4.98 Å². The molecule has 0 aliphatic carbocycles. The maximum atomic E-state index is 12.7. The molecule has 0 aliphatic heterocycles. The third-order valence-corrected chi connectivity index (χ3v) is 4.46. The molecule has 0 saturated heterocycles. The summed E-state index contributed by atoms with van der Waals surface area (Å²) < 4.78 is 49.0. The molecule has 1 heterocycles. The molecule has 2 aromatic rings. The molecule has 31 heavy (non-hydrogen) atoms. The summed E-state index contributed by atoms with van der Waals surface area (Å²) in [5.41, 5.74) is -1.04. The van der Waals surface area contributed by atoms with Crippen molar-refractivity contribution in [1.82, 2.24) is 10.3 Å². The lowest BCUT2D eigenvalue weighted by atomic mass is 10.0. The van der Waals surface area contributed by atoms with Gasteiger partial charge in [-0.3, -0.25) is 9.59 Å². The topological polar surface area (TPSA) is 101 Å². The van der Waals surface area contributed by atoms with Crippen molar-refractivity contribution in [3.63, 3.8) is 0 Å². The maximum Gasteiger partial charge on any atom is 0.417 e. The average molecular weight is 476 g/mol. The van der Waals surface area contributed by atoms with Crippen molar-refractivity contribution in [3.05, 3.63) is 46.1 Å². The van der Waals surface area contributed by atoms with Crippen molar-refractivity contribution < 1.29 is 32.2 Å². The van der Waals surface area contributed by atoms with Crippen LogP contribution in [0.1, 0.15) is 12.5 Å². The number of carbonyl (C=O) groups is 2. The lowest BCUT2D eigenvalue weighted by molar-refractivity contribution is -0.138. The minimum absolute atomic E-state index is 0.0309. The number of ketones is 1. The van der Waals surface area contributed by atoms with Crippen molar-refractivity contribution in [1.29, 1.82) is 5.26 Å². The van der Waals surface area contributed by atoms with Crippen molar-refractivity contribution >= 4 is 34.9 Å². The van der Waals surface area contributed by atoms with E-state index in [0.717, 1.165) is 0 Å². The summed E-state index contributed by atoms with van der Waals surface area (Å²) in [5.74, 6) is -3.43. The summed E-state index contributed by atoms with van der Waals surface area (Å²) in [6.07, 6.45) is -5.27. The van der Waals surface area contributed by atoms with Gasteiger partial charge in [0.25, 0.3) is 0 Å². The van der Waals surface area contributed by atoms with E-state index >= 15 is 0 Å². The van der Waals surface area contributed by atoms with Crippen molar-refractivity contribution in [3.8, 4) is 23.4 Å². The minimum atomic E-state index is -4.62. The van der Waals surface area contributed by atoms with E-state index in [4.69, 9.17) is 37.9 Å². The lowest BCUT2D eigenvalue weighted by Gasteiger charge is -2.17. The van der Waals surface area contributed by atoms with Crippen molar-refractivity contribution in [2.45, 2.75) is 19.2 Å². The van der Waals surface area contributed by atoms with Crippen molar-refractivity contribution in [2.75, 3.05) is 7.05 Å². The number of pyridine rings is 1. The Morgan fingerprint density at radius 2 is 1.90 bits per heavy atom. The van der Waals surface area contributed by atoms with Crippen LogP contribution in [-0.4, -0.2) is 29.8 Å². The zero-order valence-electron chi connectivity index (χ0n) is 16.0. The minimum Gasteiger partial charge on any atom is -0.481 e. The SMILES string of the molecule is CNC(=O)C(C#N)C(=O)C(C)Oc1cc(Oc2ncc(C(F)(F)F)cc2Cl)ccc1Cl. The van der Waals surface area contributed by atoms with Gasteiger partial charge in [0.05, 0.1) is 16.7 Å². The van der Waals surface area contributed by atoms with Gasteiger partial charge in [-0.2, -0.15) is 18.4 Å². The Kier molecular flexibility index (Phi) is 7.70. The Morgan fingerprint density at radius 3 is 2.45 bits per heavy atom. The number of amides is 1. The number of Topliss-reactive ketones (excluding diaryl/α,β-unsaturated/α-hetero) is 1. The van der Waals surface area contributed by atoms with Crippen LogP contribution in [0.15, 0.2) is 30.5 Å². The zero-order chi connectivity index (χ0) is 23.3. The number of carbonyl (C=O) groups excluding carboxylic acids is 2. The number of alkyl halides is 3. The van der Waals surface area contributed by atoms with Crippen LogP contribution in [0.3, 0.4) is 0 Å². The van der Waals surface area contributed by atoms with E-state index < -0.39 is 35.5 Å². The number of nitrogens with zero attached hydrogens (tertiary/aromatic N) is 2. The third-order valence-electron chi connectivity index (χ3n) is 3.88. The van der Waals surface area contributed by atoms with E-state index in [1.54, 1.807) is 6.07 Å². The zero-order valence-corrected chi connectivity index (χ0v) is 17.5. The van der Waals surface area contributed by atoms with Crippen LogP contribution in [0.25, 0.3) is 0 Å². The van der Waals surface area contributed by atoms with Crippen LogP contribution in [0.2, 0.25) is 10.0 Å². The van der Waals surface area contributed by atoms with Gasteiger partial charge < -0.3 is 14.8 Å². The van der Waals surface area contributed by atoms with E-state index in [1.165, 1.54) is 32.2 Å². The van der Waals surface area contributed by atoms with E-state index in [1.807, 2.05) is 0 Å². The summed E-state index contributed by atoms with van der Waals surface area (Å²) >= 11 is 11.9. The Balaban J connectivity index is 2.22. The molecular formula is C19H14Cl2F3N3O4. The first-order chi connectivity index (χ1) is 14.5. The van der Waals surface area contributed by atoms with Gasteiger partial charge in [0, 0.05) is 19.3 Å². The summed E-state index contributed by atoms with van der Waals surface area (Å²) in [6.45, 7) is 1.33. The van der Waals surface area contributed by atoms with Crippen LogP contribution < -0.4 is 14.8 Å². The molecule has 0 fully saturated rings. The predicted molar refractivity (Wildman–Crippen MR) is 104 cm³/mol. The summed E-state index contributed by atoms with van der Waals surface area (Å²) in [6, 6.07) is 6.24. The molecule has 2 unspecified atom stereocenters. The number of aromatic nitrogens is 1. The number of ether oxygens (including phenoxy) is 2. The quantitative estimate of drug-likeness (QED) is 0.594. The molecule has 0 spiro atoms. The molecular weight excluding hydrogens is 462 g/mol. The Morgan fingerprint density at radius 1 is 1.23 bits per heavy atom. The van der Waals surface area contributed by atoms with Crippen LogP contribution in [-0.2, 0) is 15.8 Å². The van der Waals surface area contributed by atoms with Gasteiger partial charge in [0.1, 0.15) is 16.5 Å². The van der Waals surface area contributed by atoms with Gasteiger partial charge in [-0.1, -0.05) is 23.2 Å². The number of rotatable bonds is 7. The molecule has 164 valence electrons. The molecule has 2 atom stereocenters. The lowest BCUT2D eigenvalue weighted by Crippen LogP contribution is -2.38. The monoisotopic (exact) mass is 475 g/mol. The normalized spacial score (nSPS) is 13.0. The Labute approximate surface area is 184 Å². The van der Waals surface area contributed by atoms with E-state index in [0.29, 0.717) is 12.3 Å². The van der Waals surface area contributed by atoms with Gasteiger partial charge >= 0.3 is 6.18 Å². The maximum absolute atomic E-state index is 12.7. The van der Waals surface area contributed by atoms with E-state index in [-0.39, 0.29) is 27.4 Å². The van der Waals surface area contributed by atoms with Gasteiger partial charge in [-0.05, 0) is 25.1 Å². The number of hydrogen-bond acceptors (Lipinski definition) is 6. The number of benzene rings is 1.